The number of ketones is 1. The molecule has 136 heavy (non-hydrogen) atoms. The summed E-state index contributed by atoms with van der Waals surface area (Å²) in [5.41, 5.74) is 21.3. The number of aromatic nitrogens is 1. The van der Waals surface area contributed by atoms with Gasteiger partial charge in [0.1, 0.15) is 84.3 Å². The molecule has 15 atom stereocenters. The molecule has 0 aliphatic carbocycles. The van der Waals surface area contributed by atoms with Crippen molar-refractivity contribution in [2.24, 2.45) is 40.9 Å². The van der Waals surface area contributed by atoms with Crippen molar-refractivity contribution in [3.63, 3.8) is 0 Å². The van der Waals surface area contributed by atoms with E-state index in [0.29, 0.717) is 33.2 Å². The van der Waals surface area contributed by atoms with Crippen LogP contribution in [0.1, 0.15) is 130 Å². The summed E-state index contributed by atoms with van der Waals surface area (Å²) in [6, 6.07) is 13.0. The number of primary amides is 2. The number of aliphatic carboxylic acids is 1. The molecule has 2 aliphatic heterocycles. The van der Waals surface area contributed by atoms with Gasteiger partial charge in [-0.25, -0.2) is 0 Å². The highest BCUT2D eigenvalue weighted by Gasteiger charge is 2.43. The van der Waals surface area contributed by atoms with Gasteiger partial charge in [-0.05, 0) is 121 Å². The number of nitrogens with two attached hydrogens (primary N) is 3. The monoisotopic (exact) mass is 1900 g/mol. The van der Waals surface area contributed by atoms with Gasteiger partial charge in [-0.3, -0.25) is 91.6 Å². The molecule has 734 valence electrons. The number of hydrogen-bond acceptors (Lipinski definition) is 23. The first-order chi connectivity index (χ1) is 64.6. The van der Waals surface area contributed by atoms with Crippen molar-refractivity contribution in [2.75, 3.05) is 37.7 Å². The van der Waals surface area contributed by atoms with Crippen molar-refractivity contribution in [1.82, 2.24) is 84.3 Å². The van der Waals surface area contributed by atoms with Crippen LogP contribution >= 0.6 is 11.8 Å². The number of thioether (sulfide) groups is 1. The lowest BCUT2D eigenvalue weighted by Crippen LogP contribution is -2.62. The van der Waals surface area contributed by atoms with Gasteiger partial charge in [0.25, 0.3) is 0 Å². The fraction of sp³-hybridized carbons (Fsp3) is 0.474. The van der Waals surface area contributed by atoms with Crippen LogP contribution in [0.15, 0.2) is 140 Å². The summed E-state index contributed by atoms with van der Waals surface area (Å²) in [5.74, 6) is -22.1. The fourth-order valence-electron chi connectivity index (χ4n) is 15.6. The number of carboxylic acid groups (broad SMARTS) is 1. The predicted octanol–water partition coefficient (Wildman–Crippen LogP) is -1.02. The van der Waals surface area contributed by atoms with Crippen molar-refractivity contribution in [3.8, 4) is 16.9 Å². The van der Waals surface area contributed by atoms with E-state index >= 15 is 28.8 Å². The van der Waals surface area contributed by atoms with E-state index in [1.165, 1.54) is 45.0 Å². The molecule has 2 aliphatic rings. The van der Waals surface area contributed by atoms with E-state index in [1.54, 1.807) is 127 Å². The maximum Gasteiger partial charge on any atom is 0.305 e. The number of aromatic hydroxyl groups is 1. The van der Waals surface area contributed by atoms with Crippen molar-refractivity contribution < 1.29 is 102 Å². The number of carbonyl (C=O) groups excluding carboxylic acids is 17. The molecule has 0 unspecified atom stereocenters. The molecule has 2 fully saturated rings. The second-order valence-corrected chi connectivity index (χ2v) is 36.6. The molecule has 41 heteroatoms. The smallest absolute Gasteiger partial charge is 0.305 e. The molecule has 1 aromatic heterocycles. The van der Waals surface area contributed by atoms with E-state index < -0.39 is 259 Å². The van der Waals surface area contributed by atoms with E-state index in [4.69, 9.17) is 17.2 Å². The number of carbonyl (C=O) groups is 18. The third-order valence-electron chi connectivity index (χ3n) is 23.0. The molecule has 0 radical (unpaired) electrons. The van der Waals surface area contributed by atoms with E-state index in [-0.39, 0.29) is 76.1 Å². The molecule has 2 saturated heterocycles. The van der Waals surface area contributed by atoms with Crippen molar-refractivity contribution in [3.05, 3.63) is 162 Å². The minimum Gasteiger partial charge on any atom is -0.508 e. The number of fused-ring (bicyclic) bond motifs is 2. The van der Waals surface area contributed by atoms with Crippen LogP contribution in [-0.4, -0.2) is 260 Å². The van der Waals surface area contributed by atoms with E-state index in [9.17, 15) is 72.9 Å². The van der Waals surface area contributed by atoms with Crippen LogP contribution in [0.25, 0.3) is 22.0 Å². The summed E-state index contributed by atoms with van der Waals surface area (Å²) < 4.78 is 0. The van der Waals surface area contributed by atoms with Gasteiger partial charge in [0.2, 0.25) is 94.5 Å². The Morgan fingerprint density at radius 3 is 1.40 bits per heavy atom. The molecule has 5 aromatic carbocycles. The first-order valence-corrected chi connectivity index (χ1v) is 46.5. The molecule has 24 N–H and O–H groups in total. The number of nitrogens with one attached hydrogen (secondary N) is 15. The van der Waals surface area contributed by atoms with Crippen LogP contribution in [0.2, 0.25) is 0 Å². The molecular weight excluding hydrogens is 1780 g/mol. The molecule has 0 spiro atoms. The number of rotatable bonds is 27. The Labute approximate surface area is 791 Å². The van der Waals surface area contributed by atoms with Crippen LogP contribution in [0, 0.1) is 23.7 Å². The molecule has 0 bridgehead atoms. The second-order valence-electron chi connectivity index (χ2n) is 35.5. The molecule has 16 amide bonds. The number of aromatic amines is 1. The molecule has 8 rings (SSSR count). The summed E-state index contributed by atoms with van der Waals surface area (Å²) in [7, 11) is 0. The number of phenols is 1. The maximum absolute atomic E-state index is 15.5. The molecule has 3 heterocycles. The van der Waals surface area contributed by atoms with E-state index in [0.717, 1.165) is 27.8 Å². The molecule has 6 aromatic rings. The standard InChI is InChI=1S/C95H127N19O21S/c1-50(2)37-65-83(123)106-69(40-56-26-30-59(31-27-56)58-21-14-11-15-22-58)90(130)113-80(52(5)6)93(133)102-64(34-35-96)95(135)114-36-18-25-75(114)92(132)109-71(43-77(97)118)87(127)104-66(38-51(3)4)89(129)112-81(53(7)8)94(134)110-73(47-115)91(131)111-74(76(117)46-99-54(9)82(98)122)48-136-49-78(119)101-67(39-55-19-12-10-13-20-55)84(124)105-68(41-57-28-32-61(116)33-29-57)85(125)108-72(44-79(120)121)88(128)107-70(86(126)103-65)42-60-45-100-63-24-17-16-23-62(60)63/h10-17,19-24,26-33,45,50-54,64-75,80-81,99-100,115-116H,18,25,34-44,46-49,96H2,1-9H3,(H2,97,118)(H2,98,122)(H,101,119)(H,102,133)(H,103,126)(H,104,127)(H,105,124)(H,106,123)(H,107,128)(H,108,125)(H,109,132)(H,110,134)(H,111,131)(H,112,129)(H,113,130)(H,120,121)/t54-,64-,65-,66-,67-,68-,69-,70-,71-,72-,73-,74-,75+,80-,81-/m0/s1. The van der Waals surface area contributed by atoms with Gasteiger partial charge in [-0.1, -0.05) is 171 Å². The van der Waals surface area contributed by atoms with Gasteiger partial charge in [0, 0.05) is 55.1 Å². The summed E-state index contributed by atoms with van der Waals surface area (Å²) in [6.07, 6.45) is -1.98. The highest BCUT2D eigenvalue weighted by atomic mass is 32.2. The van der Waals surface area contributed by atoms with Crippen LogP contribution in [-0.2, 0) is 112 Å². The Morgan fingerprint density at radius 1 is 0.463 bits per heavy atom. The van der Waals surface area contributed by atoms with Crippen LogP contribution < -0.4 is 91.6 Å². The fourth-order valence-corrected chi connectivity index (χ4v) is 16.5. The average Bonchev–Trinajstić information content (AvgIpc) is 1.63. The molecule has 0 saturated carbocycles. The van der Waals surface area contributed by atoms with E-state index in [2.05, 4.69) is 79.4 Å². The Hall–Kier alpha value is -13.7. The highest BCUT2D eigenvalue weighted by Crippen LogP contribution is 2.26. The van der Waals surface area contributed by atoms with Crippen LogP contribution in [0.5, 0.6) is 5.75 Å². The second kappa shape index (κ2) is 52.3. The number of H-pyrrole nitrogens is 1. The quantitative estimate of drug-likeness (QED) is 0.0293. The maximum atomic E-state index is 15.5. The topological polar surface area (TPSA) is 633 Å². The third-order valence-corrected chi connectivity index (χ3v) is 24.0. The van der Waals surface area contributed by atoms with Gasteiger partial charge < -0.3 is 112 Å². The van der Waals surface area contributed by atoms with Crippen molar-refractivity contribution in [2.45, 2.75) is 224 Å². The predicted molar refractivity (Wildman–Crippen MR) is 504 cm³/mol. The molecule has 40 nitrogen and oxygen atoms in total. The summed E-state index contributed by atoms with van der Waals surface area (Å²) >= 11 is 0.745. The van der Waals surface area contributed by atoms with Gasteiger partial charge in [0.15, 0.2) is 5.78 Å². The number of aliphatic hydroxyl groups is 1. The molecular formula is C95H127N19O21S. The highest BCUT2D eigenvalue weighted by molar-refractivity contribution is 8.00. The number of hydrogen-bond donors (Lipinski definition) is 21. The van der Waals surface area contributed by atoms with Gasteiger partial charge in [-0.15, -0.1) is 11.8 Å². The number of aliphatic hydroxyl groups excluding tert-OH is 1. The lowest BCUT2D eigenvalue weighted by Gasteiger charge is -2.32. The van der Waals surface area contributed by atoms with E-state index in [1.807, 2.05) is 30.3 Å². The Bertz CT molecular complexity index is 5200. The minimum atomic E-state index is -2.06. The first kappa shape index (κ1) is 108. The first-order valence-electron chi connectivity index (χ1n) is 45.3. The number of carboxylic acids is 1. The Morgan fingerprint density at radius 2 is 0.890 bits per heavy atom. The van der Waals surface area contributed by atoms with Gasteiger partial charge in [0.05, 0.1) is 43.8 Å². The number of phenolic OH excluding ortho intramolecular Hbond substituents is 1. The zero-order valence-corrected chi connectivity index (χ0v) is 78.4. The summed E-state index contributed by atoms with van der Waals surface area (Å²) in [4.78, 5) is 265. The zero-order chi connectivity index (χ0) is 99.7. The Kier molecular flexibility index (Phi) is 41.4. The van der Waals surface area contributed by atoms with Crippen molar-refractivity contribution in [1.29, 1.82) is 0 Å². The Balaban J connectivity index is 1.20. The third kappa shape index (κ3) is 32.9. The SMILES string of the molecule is CC(C)C[C@@H]1NC(=O)[C@H](Cc2c[nH]c3ccccc23)NC(=O)[C@H](CC(=O)O)NC(=O)[C@H](Cc2ccc(O)cc2)NC(=O)[C@H](Cc2ccccc2)NC(=O)CSC[C@@H](C(=O)CN[C@@H](C)C(N)=O)NC(=O)[C@H](CO)NC(=O)[C@H](C(C)C)NC(=O)[C@H](CC(C)C)NC(=O)[C@H](CC(N)=O)NC(=O)[C@H]2CCCN2C(=O)[C@H](CCN)NC(=O)[C@H](C(C)C)NC(=O)[C@H](Cc2ccc(-c3ccccc3)cc2)NC1=O. The number of benzene rings is 5. The number of Topliss-reactive ketones (excluding diaryl/α,β-unsaturated/α-hetero) is 1. The number of para-hydroxylation sites is 1. The van der Waals surface area contributed by atoms with Gasteiger partial charge in [-0.2, -0.15) is 0 Å². The van der Waals surface area contributed by atoms with Crippen molar-refractivity contribution >= 4 is 129 Å². The largest absolute Gasteiger partial charge is 0.508 e. The minimum absolute atomic E-state index is 0.00753. The zero-order valence-electron chi connectivity index (χ0n) is 77.5. The average molecular weight is 1900 g/mol. The lowest BCUT2D eigenvalue weighted by molar-refractivity contribution is -0.143. The lowest BCUT2D eigenvalue weighted by atomic mass is 9.97. The summed E-state index contributed by atoms with van der Waals surface area (Å²) in [5, 5.41) is 68.9. The van der Waals surface area contributed by atoms with Gasteiger partial charge >= 0.3 is 5.97 Å². The number of nitrogens with zero attached hydrogens (tertiary/aromatic N) is 1. The summed E-state index contributed by atoms with van der Waals surface area (Å²) in [6.45, 7) is 12.4. The van der Waals surface area contributed by atoms with Crippen LogP contribution in [0.4, 0.5) is 0 Å². The normalized spacial score (nSPS) is 23.7. The van der Waals surface area contributed by atoms with Crippen LogP contribution in [0.3, 0.4) is 0 Å². The number of amides is 16.